The number of rotatable bonds is 4. The molecule has 0 bridgehead atoms. The minimum atomic E-state index is 0.335. The molecule has 1 aliphatic rings. The number of benzene rings is 1. The Bertz CT molecular complexity index is 394. The molecule has 104 valence electrons. The van der Waals surface area contributed by atoms with Crippen molar-refractivity contribution in [1.82, 2.24) is 0 Å². The summed E-state index contributed by atoms with van der Waals surface area (Å²) in [6, 6.07) is 8.22. The zero-order valence-corrected chi connectivity index (χ0v) is 12.3. The molecule has 0 radical (unpaired) electrons. The quantitative estimate of drug-likeness (QED) is 0.525. The van der Waals surface area contributed by atoms with Gasteiger partial charge in [0.2, 0.25) is 0 Å². The smallest absolute Gasteiger partial charge is 0.163 e. The summed E-state index contributed by atoms with van der Waals surface area (Å²) < 4.78 is 0. The van der Waals surface area contributed by atoms with Gasteiger partial charge < -0.3 is 0 Å². The zero-order chi connectivity index (χ0) is 13.7. The molecule has 1 aromatic carbocycles. The predicted molar refractivity (Wildman–Crippen MR) is 80.7 cm³/mol. The molecule has 0 saturated heterocycles. The second-order valence-electron chi connectivity index (χ2n) is 6.26. The Morgan fingerprint density at radius 2 is 1.63 bits per heavy atom. The summed E-state index contributed by atoms with van der Waals surface area (Å²) in [5.41, 5.74) is 2.21. The van der Waals surface area contributed by atoms with Crippen molar-refractivity contribution < 1.29 is 4.79 Å². The van der Waals surface area contributed by atoms with Gasteiger partial charge in [-0.3, -0.25) is 4.79 Å². The van der Waals surface area contributed by atoms with Crippen LogP contribution in [-0.4, -0.2) is 5.78 Å². The van der Waals surface area contributed by atoms with Gasteiger partial charge in [0, 0.05) is 12.0 Å². The highest BCUT2D eigenvalue weighted by molar-refractivity contribution is 5.96. The Kier molecular flexibility index (Phi) is 5.18. The Balaban J connectivity index is 1.95. The van der Waals surface area contributed by atoms with Crippen LogP contribution in [0.5, 0.6) is 0 Å². The fourth-order valence-corrected chi connectivity index (χ4v) is 3.00. The van der Waals surface area contributed by atoms with E-state index in [-0.39, 0.29) is 0 Å². The first-order valence-corrected chi connectivity index (χ1v) is 7.80. The van der Waals surface area contributed by atoms with Crippen molar-refractivity contribution in [2.24, 2.45) is 5.92 Å². The number of carbonyl (C=O) groups is 1. The molecule has 0 N–H and O–H groups in total. The number of ketones is 1. The van der Waals surface area contributed by atoms with Crippen LogP contribution in [0.4, 0.5) is 0 Å². The van der Waals surface area contributed by atoms with Crippen LogP contribution in [0, 0.1) is 5.92 Å². The van der Waals surface area contributed by atoms with Gasteiger partial charge in [0.25, 0.3) is 0 Å². The van der Waals surface area contributed by atoms with E-state index in [9.17, 15) is 4.79 Å². The van der Waals surface area contributed by atoms with Crippen molar-refractivity contribution in [3.8, 4) is 0 Å². The van der Waals surface area contributed by atoms with Gasteiger partial charge in [-0.2, -0.15) is 0 Å². The van der Waals surface area contributed by atoms with Crippen LogP contribution in [0.15, 0.2) is 24.3 Å². The van der Waals surface area contributed by atoms with Crippen molar-refractivity contribution in [3.63, 3.8) is 0 Å². The highest BCUT2D eigenvalue weighted by Gasteiger charge is 2.17. The molecular weight excluding hydrogens is 232 g/mol. The van der Waals surface area contributed by atoms with E-state index < -0.39 is 0 Å². The van der Waals surface area contributed by atoms with Crippen LogP contribution >= 0.6 is 0 Å². The lowest BCUT2D eigenvalue weighted by molar-refractivity contribution is 0.0957. The maximum atomic E-state index is 12.3. The van der Waals surface area contributed by atoms with Crippen molar-refractivity contribution in [1.29, 1.82) is 0 Å². The Morgan fingerprint density at radius 1 is 1.05 bits per heavy atom. The summed E-state index contributed by atoms with van der Waals surface area (Å²) in [7, 11) is 0. The van der Waals surface area contributed by atoms with E-state index >= 15 is 0 Å². The lowest BCUT2D eigenvalue weighted by atomic mass is 9.91. The summed E-state index contributed by atoms with van der Waals surface area (Å²) in [5.74, 6) is 1.49. The van der Waals surface area contributed by atoms with Crippen molar-refractivity contribution >= 4 is 5.78 Å². The van der Waals surface area contributed by atoms with E-state index in [0.717, 1.165) is 12.0 Å². The number of hydrogen-bond acceptors (Lipinski definition) is 1. The van der Waals surface area contributed by atoms with Crippen molar-refractivity contribution in [2.75, 3.05) is 0 Å². The van der Waals surface area contributed by atoms with Gasteiger partial charge in [-0.15, -0.1) is 0 Å². The fraction of sp³-hybridized carbons (Fsp3) is 0.611. The fourth-order valence-electron chi connectivity index (χ4n) is 3.00. The second-order valence-corrected chi connectivity index (χ2v) is 6.26. The highest BCUT2D eigenvalue weighted by atomic mass is 16.1. The zero-order valence-electron chi connectivity index (χ0n) is 12.3. The largest absolute Gasteiger partial charge is 0.294 e. The van der Waals surface area contributed by atoms with E-state index in [1.807, 2.05) is 12.1 Å². The number of carbonyl (C=O) groups excluding carboxylic acids is 1. The molecule has 1 nitrogen and oxygen atoms in total. The van der Waals surface area contributed by atoms with Gasteiger partial charge in [0.15, 0.2) is 5.78 Å². The first-order chi connectivity index (χ1) is 9.16. The molecule has 0 aromatic heterocycles. The average molecular weight is 258 g/mol. The third-order valence-corrected chi connectivity index (χ3v) is 4.35. The standard InChI is InChI=1S/C18H26O/c1-14(2)16-9-11-17(12-10-16)18(19)13-15-7-5-3-4-6-8-15/h9-12,14-15H,3-8,13H2,1-2H3. The number of Topliss-reactive ketones (excluding diaryl/α,β-unsaturated/α-hetero) is 1. The van der Waals surface area contributed by atoms with E-state index in [1.54, 1.807) is 0 Å². The van der Waals surface area contributed by atoms with E-state index in [4.69, 9.17) is 0 Å². The van der Waals surface area contributed by atoms with Gasteiger partial charge in [0.1, 0.15) is 0 Å². The first-order valence-electron chi connectivity index (χ1n) is 7.80. The lowest BCUT2D eigenvalue weighted by Crippen LogP contribution is -2.08. The van der Waals surface area contributed by atoms with E-state index in [1.165, 1.54) is 44.1 Å². The third kappa shape index (κ3) is 4.19. The molecule has 2 rings (SSSR count). The van der Waals surface area contributed by atoms with Crippen LogP contribution in [0.2, 0.25) is 0 Å². The van der Waals surface area contributed by atoms with Crippen molar-refractivity contribution in [2.45, 2.75) is 64.7 Å². The van der Waals surface area contributed by atoms with Gasteiger partial charge in [0.05, 0.1) is 0 Å². The highest BCUT2D eigenvalue weighted by Crippen LogP contribution is 2.27. The monoisotopic (exact) mass is 258 g/mol. The van der Waals surface area contributed by atoms with Crippen LogP contribution in [0.1, 0.15) is 80.6 Å². The van der Waals surface area contributed by atoms with Gasteiger partial charge in [-0.05, 0) is 17.4 Å². The van der Waals surface area contributed by atoms with Gasteiger partial charge >= 0.3 is 0 Å². The normalized spacial score (nSPS) is 17.4. The molecule has 0 unspecified atom stereocenters. The van der Waals surface area contributed by atoms with E-state index in [0.29, 0.717) is 17.6 Å². The van der Waals surface area contributed by atoms with Crippen LogP contribution in [0.25, 0.3) is 0 Å². The summed E-state index contributed by atoms with van der Waals surface area (Å²) in [5, 5.41) is 0. The van der Waals surface area contributed by atoms with Crippen molar-refractivity contribution in [3.05, 3.63) is 35.4 Å². The summed E-state index contributed by atoms with van der Waals surface area (Å²) in [4.78, 5) is 12.3. The maximum absolute atomic E-state index is 12.3. The SMILES string of the molecule is CC(C)c1ccc(C(=O)CC2CCCCCC2)cc1. The average Bonchev–Trinajstić information content (AvgIpc) is 2.67. The Labute approximate surface area is 117 Å². The molecule has 0 heterocycles. The molecular formula is C18H26O. The molecule has 1 heteroatoms. The summed E-state index contributed by atoms with van der Waals surface area (Å²) in [6.07, 6.45) is 8.57. The molecule has 1 aromatic rings. The minimum Gasteiger partial charge on any atom is -0.294 e. The topological polar surface area (TPSA) is 17.1 Å². The second kappa shape index (κ2) is 6.88. The molecule has 19 heavy (non-hydrogen) atoms. The molecule has 0 amide bonds. The van der Waals surface area contributed by atoms with E-state index in [2.05, 4.69) is 26.0 Å². The molecule has 1 aliphatic carbocycles. The first kappa shape index (κ1) is 14.3. The molecule has 0 atom stereocenters. The number of hydrogen-bond donors (Lipinski definition) is 0. The molecule has 1 saturated carbocycles. The Morgan fingerprint density at radius 3 is 2.16 bits per heavy atom. The minimum absolute atomic E-state index is 0.335. The summed E-state index contributed by atoms with van der Waals surface area (Å²) in [6.45, 7) is 4.37. The van der Waals surface area contributed by atoms with Crippen LogP contribution in [-0.2, 0) is 0 Å². The van der Waals surface area contributed by atoms with Gasteiger partial charge in [-0.1, -0.05) is 76.6 Å². The van der Waals surface area contributed by atoms with Crippen LogP contribution in [0.3, 0.4) is 0 Å². The maximum Gasteiger partial charge on any atom is 0.163 e. The van der Waals surface area contributed by atoms with Crippen LogP contribution < -0.4 is 0 Å². The Hall–Kier alpha value is -1.11. The molecule has 0 aliphatic heterocycles. The van der Waals surface area contributed by atoms with Gasteiger partial charge in [-0.25, -0.2) is 0 Å². The lowest BCUT2D eigenvalue weighted by Gasteiger charge is -2.13. The molecule has 0 spiro atoms. The predicted octanol–water partition coefficient (Wildman–Crippen LogP) is 5.35. The third-order valence-electron chi connectivity index (χ3n) is 4.35. The summed E-state index contributed by atoms with van der Waals surface area (Å²) >= 11 is 0. The molecule has 1 fully saturated rings.